The van der Waals surface area contributed by atoms with Gasteiger partial charge < -0.3 is 0 Å². The van der Waals surface area contributed by atoms with Crippen molar-refractivity contribution in [2.75, 3.05) is 0 Å². The number of hydrogen-bond acceptors (Lipinski definition) is 2. The van der Waals surface area contributed by atoms with Crippen LogP contribution in [0.2, 0.25) is 0 Å². The van der Waals surface area contributed by atoms with E-state index in [1.54, 1.807) is 0 Å². The van der Waals surface area contributed by atoms with Crippen molar-refractivity contribution in [3.05, 3.63) is 35.4 Å². The Bertz CT molecular complexity index is 359. The molecule has 0 saturated heterocycles. The first-order valence-electron chi connectivity index (χ1n) is 4.96. The minimum Gasteiger partial charge on any atom is -0.294 e. The molecule has 2 unspecified atom stereocenters. The molecule has 0 spiro atoms. The van der Waals surface area contributed by atoms with E-state index in [9.17, 15) is 4.79 Å². The molecule has 0 saturated carbocycles. The molecular weight excluding hydrogens is 192 g/mol. The van der Waals surface area contributed by atoms with E-state index in [2.05, 4.69) is 19.9 Å². The number of Topliss-reactive ketones (excluding diaryl/α,β-unsaturated/α-hetero) is 1. The highest BCUT2D eigenvalue weighted by Gasteiger charge is 2.24. The highest BCUT2D eigenvalue weighted by atomic mass is 32.2. The first-order valence-corrected chi connectivity index (χ1v) is 5.90. The fourth-order valence-electron chi connectivity index (χ4n) is 1.95. The first-order chi connectivity index (χ1) is 6.68. The fourth-order valence-corrected chi connectivity index (χ4v) is 3.24. The van der Waals surface area contributed by atoms with Gasteiger partial charge in [-0.2, -0.15) is 11.8 Å². The van der Waals surface area contributed by atoms with Crippen molar-refractivity contribution >= 4 is 17.5 Å². The van der Waals surface area contributed by atoms with Crippen LogP contribution in [0.15, 0.2) is 24.3 Å². The third-order valence-electron chi connectivity index (χ3n) is 2.61. The molecule has 1 aliphatic heterocycles. The summed E-state index contributed by atoms with van der Waals surface area (Å²) in [5.74, 6) is 0.296. The van der Waals surface area contributed by atoms with Crippen LogP contribution in [0, 0.1) is 0 Å². The van der Waals surface area contributed by atoms with Gasteiger partial charge in [-0.25, -0.2) is 0 Å². The van der Waals surface area contributed by atoms with Crippen molar-refractivity contribution in [3.63, 3.8) is 0 Å². The standard InChI is InChI=1S/C12H14OS/c1-8-7-12(13)11-6-4-3-5-10(11)9(2)14-8/h3-6,8-9H,7H2,1-2H3. The van der Waals surface area contributed by atoms with Gasteiger partial charge in [-0.05, 0) is 12.5 Å². The number of carbonyl (C=O) groups excluding carboxylic acids is 1. The van der Waals surface area contributed by atoms with Crippen LogP contribution < -0.4 is 0 Å². The summed E-state index contributed by atoms with van der Waals surface area (Å²) in [6, 6.07) is 7.99. The van der Waals surface area contributed by atoms with Crippen LogP contribution in [0.4, 0.5) is 0 Å². The van der Waals surface area contributed by atoms with Crippen molar-refractivity contribution in [1.29, 1.82) is 0 Å². The third kappa shape index (κ3) is 1.71. The van der Waals surface area contributed by atoms with E-state index in [1.807, 2.05) is 30.0 Å². The molecule has 14 heavy (non-hydrogen) atoms. The number of hydrogen-bond donors (Lipinski definition) is 0. The van der Waals surface area contributed by atoms with Gasteiger partial charge in [-0.15, -0.1) is 0 Å². The molecule has 0 bridgehead atoms. The molecule has 1 nitrogen and oxygen atoms in total. The first kappa shape index (κ1) is 9.78. The molecule has 74 valence electrons. The highest BCUT2D eigenvalue weighted by Crippen LogP contribution is 2.38. The van der Waals surface area contributed by atoms with E-state index in [0.29, 0.717) is 22.7 Å². The SMILES string of the molecule is CC1CC(=O)c2ccccc2C(C)S1. The van der Waals surface area contributed by atoms with Crippen LogP contribution in [-0.2, 0) is 0 Å². The Balaban J connectivity index is 2.48. The molecule has 1 heterocycles. The second kappa shape index (κ2) is 3.77. The molecule has 2 atom stereocenters. The number of benzene rings is 1. The summed E-state index contributed by atoms with van der Waals surface area (Å²) in [6.45, 7) is 4.31. The minimum atomic E-state index is 0.296. The van der Waals surface area contributed by atoms with Gasteiger partial charge in [0.2, 0.25) is 0 Å². The molecule has 0 radical (unpaired) electrons. The van der Waals surface area contributed by atoms with Gasteiger partial charge in [0.1, 0.15) is 0 Å². The molecular formula is C12H14OS. The van der Waals surface area contributed by atoms with Crippen molar-refractivity contribution in [1.82, 2.24) is 0 Å². The molecule has 0 amide bonds. The van der Waals surface area contributed by atoms with Crippen LogP contribution in [0.1, 0.15) is 41.4 Å². The Morgan fingerprint density at radius 1 is 1.29 bits per heavy atom. The second-order valence-corrected chi connectivity index (χ2v) is 5.59. The zero-order valence-corrected chi connectivity index (χ0v) is 9.30. The van der Waals surface area contributed by atoms with Gasteiger partial charge in [0, 0.05) is 22.5 Å². The summed E-state index contributed by atoms with van der Waals surface area (Å²) in [5, 5.41) is 0.873. The van der Waals surface area contributed by atoms with Crippen molar-refractivity contribution in [3.8, 4) is 0 Å². The van der Waals surface area contributed by atoms with Crippen LogP contribution in [0.25, 0.3) is 0 Å². The molecule has 0 N–H and O–H groups in total. The average Bonchev–Trinajstić information content (AvgIpc) is 2.26. The summed E-state index contributed by atoms with van der Waals surface area (Å²) < 4.78 is 0. The van der Waals surface area contributed by atoms with E-state index < -0.39 is 0 Å². The van der Waals surface area contributed by atoms with Crippen LogP contribution >= 0.6 is 11.8 Å². The summed E-state index contributed by atoms with van der Waals surface area (Å²) in [4.78, 5) is 11.8. The van der Waals surface area contributed by atoms with Crippen LogP contribution in [0.3, 0.4) is 0 Å². The molecule has 1 aromatic carbocycles. The summed E-state index contributed by atoms with van der Waals surface area (Å²) in [6.07, 6.45) is 0.673. The highest BCUT2D eigenvalue weighted by molar-refractivity contribution is 8.00. The Morgan fingerprint density at radius 2 is 2.00 bits per heavy atom. The molecule has 1 aliphatic rings. The normalized spacial score (nSPS) is 26.9. The number of ketones is 1. The lowest BCUT2D eigenvalue weighted by Gasteiger charge is -2.12. The van der Waals surface area contributed by atoms with Gasteiger partial charge in [0.25, 0.3) is 0 Å². The Labute approximate surface area is 88.9 Å². The van der Waals surface area contributed by atoms with E-state index in [1.165, 1.54) is 5.56 Å². The summed E-state index contributed by atoms with van der Waals surface area (Å²) in [5.41, 5.74) is 2.13. The molecule has 0 fully saturated rings. The predicted molar refractivity (Wildman–Crippen MR) is 60.9 cm³/mol. The topological polar surface area (TPSA) is 17.1 Å². The zero-order valence-electron chi connectivity index (χ0n) is 8.49. The number of carbonyl (C=O) groups is 1. The predicted octanol–water partition coefficient (Wildman–Crippen LogP) is 3.46. The van der Waals surface area contributed by atoms with Gasteiger partial charge in [-0.1, -0.05) is 31.2 Å². The van der Waals surface area contributed by atoms with Gasteiger partial charge in [0.15, 0.2) is 5.78 Å². The van der Waals surface area contributed by atoms with E-state index in [0.717, 1.165) is 5.56 Å². The van der Waals surface area contributed by atoms with Crippen LogP contribution in [0.5, 0.6) is 0 Å². The number of fused-ring (bicyclic) bond motifs is 1. The van der Waals surface area contributed by atoms with E-state index in [4.69, 9.17) is 0 Å². The van der Waals surface area contributed by atoms with Gasteiger partial charge in [-0.3, -0.25) is 4.79 Å². The lowest BCUT2D eigenvalue weighted by Crippen LogP contribution is -2.04. The van der Waals surface area contributed by atoms with E-state index >= 15 is 0 Å². The Morgan fingerprint density at radius 3 is 2.79 bits per heavy atom. The largest absolute Gasteiger partial charge is 0.294 e. The minimum absolute atomic E-state index is 0.296. The van der Waals surface area contributed by atoms with Crippen molar-refractivity contribution < 1.29 is 4.79 Å². The molecule has 0 aromatic heterocycles. The van der Waals surface area contributed by atoms with Gasteiger partial charge >= 0.3 is 0 Å². The second-order valence-electron chi connectivity index (χ2n) is 3.80. The van der Waals surface area contributed by atoms with Crippen LogP contribution in [-0.4, -0.2) is 11.0 Å². The van der Waals surface area contributed by atoms with Gasteiger partial charge in [0.05, 0.1) is 0 Å². The average molecular weight is 206 g/mol. The number of thioether (sulfide) groups is 1. The summed E-state index contributed by atoms with van der Waals surface area (Å²) >= 11 is 1.89. The smallest absolute Gasteiger partial charge is 0.164 e. The van der Waals surface area contributed by atoms with Crippen molar-refractivity contribution in [2.45, 2.75) is 30.8 Å². The lowest BCUT2D eigenvalue weighted by molar-refractivity contribution is 0.0983. The molecule has 2 rings (SSSR count). The third-order valence-corrected chi connectivity index (χ3v) is 3.90. The molecule has 2 heteroatoms. The monoisotopic (exact) mass is 206 g/mol. The van der Waals surface area contributed by atoms with Crippen molar-refractivity contribution in [2.24, 2.45) is 0 Å². The number of rotatable bonds is 0. The maximum atomic E-state index is 11.8. The maximum Gasteiger partial charge on any atom is 0.164 e. The molecule has 1 aromatic rings. The quantitative estimate of drug-likeness (QED) is 0.646. The lowest BCUT2D eigenvalue weighted by atomic mass is 9.99. The Kier molecular flexibility index (Phi) is 2.64. The van der Waals surface area contributed by atoms with E-state index in [-0.39, 0.29) is 0 Å². The maximum absolute atomic E-state index is 11.8. The Hall–Kier alpha value is -0.760. The molecule has 0 aliphatic carbocycles. The summed E-state index contributed by atoms with van der Waals surface area (Å²) in [7, 11) is 0. The zero-order chi connectivity index (χ0) is 10.1. The fraction of sp³-hybridized carbons (Fsp3) is 0.417.